The Morgan fingerprint density at radius 1 is 0.422 bits per heavy atom. The second kappa shape index (κ2) is 48.2. The fourth-order valence-corrected chi connectivity index (χ4v) is 14.9. The van der Waals surface area contributed by atoms with Crippen LogP contribution in [0.2, 0.25) is 54.4 Å². The van der Waals surface area contributed by atoms with Crippen molar-refractivity contribution < 1.29 is 71.3 Å². The standard InChI is InChI=1S/C21H40N4O4SSi.C19H38N4O3SSi.C15H26N4O4S.C13H24N4O3S.C6H15ClSi.C2H3ClO/c1-16(26)25(20(2,3)4)14-17(29-31(8,9)21(5,6)7)15-28-19-18(22-30-23-19)24-10-12-27-13-11-24;1-18(2,3)20-13-15(26-28(7,8)19(4,5)6)14-25-17-16(21-27-22-17)23-9-11-24-12-10-23;1-11(20)19(15(2,3)4)9-12(21)10-23-14-13(16-24-17-14)18-5-7-22-8-6-18;1-13(2,3)14-8-10(18)9-20-12-11(15-21-16-12)17-4-6-19-7-5-17;1-6(2,3)8(4,5)7;1-2(3)4/h17H,10-15H2,1-9H3;15,20H,9-14H2,1-8H3;12,21H,5-10H2,1-4H3;10,14,18H,4-9H2,1-3H3;1-5H3;1H3/t17-;15-;12-;10-;;/m0000../s1. The van der Waals surface area contributed by atoms with E-state index in [9.17, 15) is 24.6 Å². The zero-order valence-corrected chi connectivity index (χ0v) is 83.4. The molecule has 31 nitrogen and oxygen atoms in total. The molecule has 0 unspecified atom stereocenters. The molecule has 0 radical (unpaired) electrons. The second-order valence-electron chi connectivity index (χ2n) is 37.6. The number of amides is 2. The van der Waals surface area contributed by atoms with E-state index in [4.69, 9.17) is 57.8 Å². The Kier molecular flexibility index (Phi) is 44.2. The van der Waals surface area contributed by atoms with Gasteiger partial charge in [0, 0.05) is 115 Å². The fraction of sp³-hybridized carbons (Fsp3) is 0.855. The monoisotopic (exact) mass is 1800 g/mol. The summed E-state index contributed by atoms with van der Waals surface area (Å²) in [7, 11) is -5.37. The minimum Gasteiger partial charge on any atom is -0.472 e. The second-order valence-corrected chi connectivity index (χ2v) is 57.0. The largest absolute Gasteiger partial charge is 0.472 e. The van der Waals surface area contributed by atoms with Gasteiger partial charge in [0.05, 0.1) is 119 Å². The molecule has 0 saturated carbocycles. The first-order valence-electron chi connectivity index (χ1n) is 40.1. The number of aromatic nitrogens is 8. The number of β-amino-alcohol motifs (C(OH)–C–C–N with tert-alkyl or cyclic N) is 2. The molecule has 8 heterocycles. The topological polar surface area (TPSA) is 331 Å². The molecule has 0 aromatic carbocycles. The van der Waals surface area contributed by atoms with Gasteiger partial charge in [-0.05, 0) is 136 Å². The van der Waals surface area contributed by atoms with Gasteiger partial charge >= 0.3 is 0 Å². The van der Waals surface area contributed by atoms with Gasteiger partial charge in [0.25, 0.3) is 23.5 Å². The van der Waals surface area contributed by atoms with Gasteiger partial charge in [0.15, 0.2) is 24.0 Å². The lowest BCUT2D eigenvalue weighted by atomic mass is 10.1. The molecule has 8 rings (SSSR count). The van der Waals surface area contributed by atoms with Crippen LogP contribution in [-0.4, -0.2) is 300 Å². The minimum atomic E-state index is -2.07. The van der Waals surface area contributed by atoms with Crippen LogP contribution < -0.4 is 49.2 Å². The van der Waals surface area contributed by atoms with Crippen LogP contribution in [0, 0.1) is 0 Å². The highest BCUT2D eigenvalue weighted by Crippen LogP contribution is 2.41. The minimum absolute atomic E-state index is 0.0240. The number of hydrogen-bond donors (Lipinski definition) is 4. The summed E-state index contributed by atoms with van der Waals surface area (Å²) in [4.78, 5) is 45.3. The van der Waals surface area contributed by atoms with Gasteiger partial charge in [0.2, 0.25) is 40.3 Å². The Labute approximate surface area is 723 Å². The summed E-state index contributed by atoms with van der Waals surface area (Å²) < 4.78 is 93.0. The molecular weight excluding hydrogens is 1660 g/mol. The lowest BCUT2D eigenvalue weighted by Gasteiger charge is -2.42. The molecule has 670 valence electrons. The van der Waals surface area contributed by atoms with Crippen LogP contribution in [0.3, 0.4) is 0 Å². The smallest absolute Gasteiger partial charge is 0.270 e. The zero-order chi connectivity index (χ0) is 88.1. The summed E-state index contributed by atoms with van der Waals surface area (Å²) in [6.07, 6.45) is -1.68. The normalized spacial score (nSPS) is 16.7. The lowest BCUT2D eigenvalue weighted by Crippen LogP contribution is -2.53. The van der Waals surface area contributed by atoms with E-state index in [2.05, 4.69) is 220 Å². The van der Waals surface area contributed by atoms with Crippen LogP contribution in [0.25, 0.3) is 0 Å². The number of ether oxygens (including phenoxy) is 8. The molecule has 116 heavy (non-hydrogen) atoms. The van der Waals surface area contributed by atoms with E-state index in [1.807, 2.05) is 46.4 Å². The zero-order valence-electron chi connectivity index (χ0n) is 75.6. The number of halogens is 2. The average Bonchev–Trinajstić information content (AvgIpc) is 1.14. The molecule has 4 aliphatic heterocycles. The average molecular weight is 1810 g/mol. The van der Waals surface area contributed by atoms with Crippen LogP contribution in [0.15, 0.2) is 0 Å². The van der Waals surface area contributed by atoms with Gasteiger partial charge in [-0.3, -0.25) is 14.4 Å². The maximum absolute atomic E-state index is 12.4. The number of aliphatic hydroxyl groups excluding tert-OH is 2. The molecule has 0 aliphatic carbocycles. The summed E-state index contributed by atoms with van der Waals surface area (Å²) in [5, 5.41) is 27.2. The summed E-state index contributed by atoms with van der Waals surface area (Å²) in [6, 6.07) is 0. The van der Waals surface area contributed by atoms with Crippen molar-refractivity contribution in [2.45, 2.75) is 267 Å². The molecule has 2 amide bonds. The summed E-state index contributed by atoms with van der Waals surface area (Å²) in [6.45, 7) is 77.0. The third kappa shape index (κ3) is 39.9. The summed E-state index contributed by atoms with van der Waals surface area (Å²) >= 11 is 15.3. The van der Waals surface area contributed by atoms with Gasteiger partial charge in [0.1, 0.15) is 38.6 Å². The first kappa shape index (κ1) is 106. The van der Waals surface area contributed by atoms with Gasteiger partial charge < -0.3 is 97.0 Å². The number of aliphatic hydroxyl groups is 2. The van der Waals surface area contributed by atoms with Crippen molar-refractivity contribution in [2.75, 3.05) is 177 Å². The van der Waals surface area contributed by atoms with E-state index in [0.717, 1.165) is 112 Å². The number of hydrogen-bond acceptors (Lipinski definition) is 33. The maximum atomic E-state index is 12.4. The quantitative estimate of drug-likeness (QED) is 0.0233. The van der Waals surface area contributed by atoms with Crippen LogP contribution in [-0.2, 0) is 42.2 Å². The summed E-state index contributed by atoms with van der Waals surface area (Å²) in [5.41, 5.74) is -0.658. The molecule has 4 fully saturated rings. The maximum Gasteiger partial charge on any atom is 0.270 e. The highest BCUT2D eigenvalue weighted by Gasteiger charge is 2.43. The van der Waals surface area contributed by atoms with E-state index in [1.165, 1.54) is 25.6 Å². The predicted octanol–water partition coefficient (Wildman–Crippen LogP) is 12.6. The van der Waals surface area contributed by atoms with Crippen molar-refractivity contribution in [2.24, 2.45) is 0 Å². The van der Waals surface area contributed by atoms with Crippen LogP contribution in [0.4, 0.5) is 23.3 Å². The summed E-state index contributed by atoms with van der Waals surface area (Å²) in [5.74, 6) is 5.03. The van der Waals surface area contributed by atoms with E-state index in [-0.39, 0.29) is 81.3 Å². The van der Waals surface area contributed by atoms with Gasteiger partial charge in [-0.25, -0.2) is 0 Å². The van der Waals surface area contributed by atoms with E-state index < -0.39 is 36.2 Å². The third-order valence-corrected chi connectivity index (χ3v) is 36.2. The van der Waals surface area contributed by atoms with E-state index in [0.29, 0.717) is 114 Å². The van der Waals surface area contributed by atoms with Gasteiger partial charge in [-0.2, -0.15) is 28.6 Å². The Bertz CT molecular complexity index is 3420. The Morgan fingerprint density at radius 3 is 0.931 bits per heavy atom. The number of carbonyl (C=O) groups is 3. The number of carbonyl (C=O) groups excluding carboxylic acids is 3. The van der Waals surface area contributed by atoms with Gasteiger partial charge in [-0.15, -0.1) is 17.5 Å². The van der Waals surface area contributed by atoms with Crippen molar-refractivity contribution in [3.05, 3.63) is 0 Å². The number of nitrogens with one attached hydrogen (secondary N) is 2. The highest BCUT2D eigenvalue weighted by molar-refractivity contribution is 7.20. The molecule has 4 aliphatic rings. The first-order valence-corrected chi connectivity index (χ1v) is 53.2. The number of anilines is 4. The van der Waals surface area contributed by atoms with Crippen LogP contribution in [0.1, 0.15) is 166 Å². The molecular formula is C76H146Cl2N16O15S4Si3. The van der Waals surface area contributed by atoms with Crippen molar-refractivity contribution in [3.8, 4) is 23.5 Å². The third-order valence-electron chi connectivity index (χ3n) is 19.9. The van der Waals surface area contributed by atoms with E-state index >= 15 is 0 Å². The SMILES string of the molecule is CC(=O)Cl.CC(=O)N(C[C@@H](COc1nsnc1N1CCOCC1)O[Si](C)(C)C(C)(C)C)C(C)(C)C.CC(=O)N(C[C@H](O)COc1nsnc1N1CCOCC1)C(C)(C)C.CC(C)(C)NC[C@@H](COc1nsnc1N1CCOCC1)O[Si](C)(C)C(C)(C)C.CC(C)(C)NC[C@H](O)COc1nsnc1N1CCOCC1.CC(C)(C)[Si](C)(C)Cl. The Balaban J connectivity index is 0.000000384. The predicted molar refractivity (Wildman–Crippen MR) is 479 cm³/mol. The molecule has 40 heteroatoms. The first-order chi connectivity index (χ1) is 53.3. The van der Waals surface area contributed by atoms with Crippen molar-refractivity contribution in [1.29, 1.82) is 0 Å². The van der Waals surface area contributed by atoms with Crippen LogP contribution >= 0.6 is 69.6 Å². The van der Waals surface area contributed by atoms with Crippen molar-refractivity contribution in [3.63, 3.8) is 0 Å². The van der Waals surface area contributed by atoms with Crippen LogP contribution in [0.5, 0.6) is 23.5 Å². The molecule has 4 aromatic heterocycles. The van der Waals surface area contributed by atoms with Crippen molar-refractivity contribution in [1.82, 2.24) is 55.4 Å². The molecule has 4 N–H and O–H groups in total. The Hall–Kier alpha value is -3.92. The molecule has 0 spiro atoms. The molecule has 4 aromatic rings. The molecule has 0 bridgehead atoms. The lowest BCUT2D eigenvalue weighted by molar-refractivity contribution is -0.136. The number of rotatable bonds is 28. The number of nitrogens with zero attached hydrogens (tertiary/aromatic N) is 14. The molecule has 4 saturated heterocycles. The van der Waals surface area contributed by atoms with E-state index in [1.54, 1.807) is 11.8 Å². The Morgan fingerprint density at radius 2 is 0.672 bits per heavy atom. The van der Waals surface area contributed by atoms with Crippen molar-refractivity contribution >= 4 is 134 Å². The fourth-order valence-electron chi connectivity index (χ4n) is 10.2. The van der Waals surface area contributed by atoms with Gasteiger partial charge in [-0.1, -0.05) is 75.4 Å². The highest BCUT2D eigenvalue weighted by atomic mass is 35.6. The molecule has 4 atom stereocenters. The number of morpholine rings is 4.